The van der Waals surface area contributed by atoms with E-state index in [2.05, 4.69) is 23.8 Å². The number of hydrogen-bond donors (Lipinski definition) is 1. The van der Waals surface area contributed by atoms with Crippen LogP contribution in [0.3, 0.4) is 0 Å². The Labute approximate surface area is 116 Å². The van der Waals surface area contributed by atoms with Gasteiger partial charge in [0, 0.05) is 31.2 Å². The maximum absolute atomic E-state index is 11.1. The standard InChI is InChI=1S/C15H28N2O2/c1-12-10-16(2)11-14(9-15(18)19)17(12)13-7-5-3-4-6-8-13/h12-14H,3-11H2,1-2H3,(H,18,19). The Hall–Kier alpha value is -0.610. The van der Waals surface area contributed by atoms with Crippen LogP contribution in [-0.2, 0) is 4.79 Å². The van der Waals surface area contributed by atoms with Gasteiger partial charge in [-0.25, -0.2) is 0 Å². The summed E-state index contributed by atoms with van der Waals surface area (Å²) in [5.41, 5.74) is 0. The average molecular weight is 268 g/mol. The van der Waals surface area contributed by atoms with Crippen LogP contribution in [0.2, 0.25) is 0 Å². The third-order valence-corrected chi connectivity index (χ3v) is 4.69. The van der Waals surface area contributed by atoms with Gasteiger partial charge in [-0.15, -0.1) is 0 Å². The van der Waals surface area contributed by atoms with Gasteiger partial charge in [0.05, 0.1) is 6.42 Å². The molecule has 4 heteroatoms. The molecule has 0 radical (unpaired) electrons. The summed E-state index contributed by atoms with van der Waals surface area (Å²) >= 11 is 0. The van der Waals surface area contributed by atoms with Crippen LogP contribution in [0.15, 0.2) is 0 Å². The predicted octanol–water partition coefficient (Wildman–Crippen LogP) is 2.19. The lowest BCUT2D eigenvalue weighted by atomic mass is 9.97. The molecule has 110 valence electrons. The monoisotopic (exact) mass is 268 g/mol. The van der Waals surface area contributed by atoms with Crippen LogP contribution in [0.4, 0.5) is 0 Å². The zero-order valence-corrected chi connectivity index (χ0v) is 12.3. The Kier molecular flexibility index (Phi) is 5.22. The molecule has 2 atom stereocenters. The Balaban J connectivity index is 2.09. The second kappa shape index (κ2) is 6.71. The number of likely N-dealkylation sites (N-methyl/N-ethyl adjacent to an activating group) is 1. The van der Waals surface area contributed by atoms with E-state index in [9.17, 15) is 4.79 Å². The number of carboxylic acids is 1. The maximum Gasteiger partial charge on any atom is 0.304 e. The molecule has 2 rings (SSSR count). The van der Waals surface area contributed by atoms with E-state index >= 15 is 0 Å². The molecule has 4 nitrogen and oxygen atoms in total. The molecule has 1 saturated heterocycles. The van der Waals surface area contributed by atoms with E-state index in [0.29, 0.717) is 12.1 Å². The van der Waals surface area contributed by atoms with Crippen molar-refractivity contribution < 1.29 is 9.90 Å². The zero-order valence-electron chi connectivity index (χ0n) is 12.3. The largest absolute Gasteiger partial charge is 0.481 e. The van der Waals surface area contributed by atoms with Gasteiger partial charge in [-0.3, -0.25) is 9.69 Å². The van der Waals surface area contributed by atoms with Crippen molar-refractivity contribution in [1.29, 1.82) is 0 Å². The fourth-order valence-corrected chi connectivity index (χ4v) is 4.02. The van der Waals surface area contributed by atoms with Crippen molar-refractivity contribution in [3.8, 4) is 0 Å². The summed E-state index contributed by atoms with van der Waals surface area (Å²) in [5, 5.41) is 9.16. The molecule has 1 heterocycles. The van der Waals surface area contributed by atoms with Crippen LogP contribution >= 0.6 is 0 Å². The van der Waals surface area contributed by atoms with E-state index in [0.717, 1.165) is 13.1 Å². The summed E-state index contributed by atoms with van der Waals surface area (Å²) in [6, 6.07) is 1.27. The van der Waals surface area contributed by atoms with E-state index in [1.807, 2.05) is 0 Å². The quantitative estimate of drug-likeness (QED) is 0.797. The second-order valence-electron chi connectivity index (χ2n) is 6.41. The third kappa shape index (κ3) is 3.93. The molecule has 0 aromatic rings. The summed E-state index contributed by atoms with van der Waals surface area (Å²) in [5.74, 6) is -0.661. The number of rotatable bonds is 3. The molecule has 0 spiro atoms. The predicted molar refractivity (Wildman–Crippen MR) is 76.3 cm³/mol. The summed E-state index contributed by atoms with van der Waals surface area (Å²) in [4.78, 5) is 16.0. The molecule has 0 aromatic carbocycles. The Morgan fingerprint density at radius 3 is 2.37 bits per heavy atom. The molecule has 0 aromatic heterocycles. The highest BCUT2D eigenvalue weighted by Gasteiger charge is 2.36. The van der Waals surface area contributed by atoms with Gasteiger partial charge in [0.25, 0.3) is 0 Å². The van der Waals surface area contributed by atoms with Crippen molar-refractivity contribution in [2.45, 2.75) is 70.0 Å². The Bertz CT molecular complexity index is 301. The molecule has 1 N–H and O–H groups in total. The van der Waals surface area contributed by atoms with Gasteiger partial charge >= 0.3 is 5.97 Å². The van der Waals surface area contributed by atoms with Gasteiger partial charge in [0.15, 0.2) is 0 Å². The Morgan fingerprint density at radius 1 is 1.16 bits per heavy atom. The topological polar surface area (TPSA) is 43.8 Å². The lowest BCUT2D eigenvalue weighted by Crippen LogP contribution is -2.60. The number of nitrogens with zero attached hydrogens (tertiary/aromatic N) is 2. The van der Waals surface area contributed by atoms with Crippen LogP contribution in [0, 0.1) is 0 Å². The lowest BCUT2D eigenvalue weighted by Gasteiger charge is -2.48. The number of aliphatic carboxylic acids is 1. The van der Waals surface area contributed by atoms with Gasteiger partial charge in [-0.1, -0.05) is 25.7 Å². The Morgan fingerprint density at radius 2 is 1.79 bits per heavy atom. The van der Waals surface area contributed by atoms with E-state index in [1.54, 1.807) is 0 Å². The van der Waals surface area contributed by atoms with Crippen molar-refractivity contribution in [2.24, 2.45) is 0 Å². The highest BCUT2D eigenvalue weighted by molar-refractivity contribution is 5.67. The highest BCUT2D eigenvalue weighted by Crippen LogP contribution is 2.28. The summed E-state index contributed by atoms with van der Waals surface area (Å²) in [7, 11) is 2.11. The number of piperazine rings is 1. The van der Waals surface area contributed by atoms with Crippen LogP contribution in [0.25, 0.3) is 0 Å². The first-order valence-electron chi connectivity index (χ1n) is 7.75. The molecule has 0 bridgehead atoms. The van der Waals surface area contributed by atoms with Crippen molar-refractivity contribution in [3.63, 3.8) is 0 Å². The fraction of sp³-hybridized carbons (Fsp3) is 0.933. The lowest BCUT2D eigenvalue weighted by molar-refractivity contribution is -0.140. The van der Waals surface area contributed by atoms with Crippen molar-refractivity contribution in [2.75, 3.05) is 20.1 Å². The number of carbonyl (C=O) groups is 1. The zero-order chi connectivity index (χ0) is 13.8. The maximum atomic E-state index is 11.1. The minimum atomic E-state index is -0.661. The molecule has 1 aliphatic heterocycles. The highest BCUT2D eigenvalue weighted by atomic mass is 16.4. The minimum absolute atomic E-state index is 0.189. The van der Waals surface area contributed by atoms with E-state index in [-0.39, 0.29) is 12.5 Å². The summed E-state index contributed by atoms with van der Waals surface area (Å²) in [6.45, 7) is 4.22. The first-order valence-corrected chi connectivity index (χ1v) is 7.75. The first kappa shape index (κ1) is 14.8. The van der Waals surface area contributed by atoms with Crippen LogP contribution < -0.4 is 0 Å². The van der Waals surface area contributed by atoms with Gasteiger partial charge in [-0.2, -0.15) is 0 Å². The molecule has 19 heavy (non-hydrogen) atoms. The van der Waals surface area contributed by atoms with E-state index < -0.39 is 5.97 Å². The molecule has 2 aliphatic rings. The molecular weight excluding hydrogens is 240 g/mol. The number of hydrogen-bond acceptors (Lipinski definition) is 3. The molecule has 2 fully saturated rings. The van der Waals surface area contributed by atoms with Crippen molar-refractivity contribution in [3.05, 3.63) is 0 Å². The summed E-state index contributed by atoms with van der Waals surface area (Å²) < 4.78 is 0. The molecule has 2 unspecified atom stereocenters. The normalized spacial score (nSPS) is 32.1. The molecule has 1 aliphatic carbocycles. The van der Waals surface area contributed by atoms with Crippen molar-refractivity contribution >= 4 is 5.97 Å². The van der Waals surface area contributed by atoms with Gasteiger partial charge in [0.2, 0.25) is 0 Å². The average Bonchev–Trinajstić information content (AvgIpc) is 2.56. The van der Waals surface area contributed by atoms with Crippen LogP contribution in [-0.4, -0.2) is 59.1 Å². The van der Waals surface area contributed by atoms with Crippen molar-refractivity contribution in [1.82, 2.24) is 9.80 Å². The third-order valence-electron chi connectivity index (χ3n) is 4.69. The smallest absolute Gasteiger partial charge is 0.304 e. The first-order chi connectivity index (χ1) is 9.08. The summed E-state index contributed by atoms with van der Waals surface area (Å²) in [6.07, 6.45) is 8.11. The molecule has 1 saturated carbocycles. The SMILES string of the molecule is CC1CN(C)CC(CC(=O)O)N1C1CCCCCC1. The minimum Gasteiger partial charge on any atom is -0.481 e. The molecule has 0 amide bonds. The van der Waals surface area contributed by atoms with Crippen LogP contribution in [0.1, 0.15) is 51.9 Å². The van der Waals surface area contributed by atoms with E-state index in [4.69, 9.17) is 5.11 Å². The van der Waals surface area contributed by atoms with Crippen LogP contribution in [0.5, 0.6) is 0 Å². The van der Waals surface area contributed by atoms with Gasteiger partial charge < -0.3 is 10.0 Å². The fourth-order valence-electron chi connectivity index (χ4n) is 4.02. The van der Waals surface area contributed by atoms with E-state index in [1.165, 1.54) is 38.5 Å². The second-order valence-corrected chi connectivity index (χ2v) is 6.41. The van der Waals surface area contributed by atoms with Gasteiger partial charge in [0.1, 0.15) is 0 Å². The molecular formula is C15H28N2O2. The number of carboxylic acid groups (broad SMARTS) is 1. The van der Waals surface area contributed by atoms with Gasteiger partial charge in [-0.05, 0) is 26.8 Å².